The minimum absolute atomic E-state index is 0.744. The summed E-state index contributed by atoms with van der Waals surface area (Å²) in [6.07, 6.45) is 4.02. The van der Waals surface area contributed by atoms with E-state index >= 15 is 0 Å². The van der Waals surface area contributed by atoms with E-state index in [-0.39, 0.29) is 0 Å². The monoisotopic (exact) mass is 141 g/mol. The fraction of sp³-hybridized carbons (Fsp3) is 1.00. The highest BCUT2D eigenvalue weighted by molar-refractivity contribution is 4.80. The zero-order valence-electron chi connectivity index (χ0n) is 7.35. The molecule has 0 saturated carbocycles. The second-order valence-electron chi connectivity index (χ2n) is 3.75. The molecule has 0 spiro atoms. The van der Waals surface area contributed by atoms with Crippen molar-refractivity contribution in [1.82, 2.24) is 5.32 Å². The molecule has 0 aromatic carbocycles. The lowest BCUT2D eigenvalue weighted by Crippen LogP contribution is -2.42. The molecule has 1 saturated heterocycles. The number of hydrogen-bond acceptors (Lipinski definition) is 1. The van der Waals surface area contributed by atoms with E-state index in [4.69, 9.17) is 0 Å². The van der Waals surface area contributed by atoms with Crippen LogP contribution in [-0.2, 0) is 0 Å². The molecule has 1 fully saturated rings. The molecule has 1 aliphatic heterocycles. The van der Waals surface area contributed by atoms with Crippen molar-refractivity contribution in [1.29, 1.82) is 0 Å². The van der Waals surface area contributed by atoms with Crippen LogP contribution in [0.3, 0.4) is 0 Å². The van der Waals surface area contributed by atoms with Gasteiger partial charge < -0.3 is 5.32 Å². The van der Waals surface area contributed by atoms with Gasteiger partial charge in [0.05, 0.1) is 0 Å². The third-order valence-electron chi connectivity index (χ3n) is 2.46. The molecule has 2 unspecified atom stereocenters. The Bertz CT molecular complexity index is 90.9. The first-order valence-electron chi connectivity index (χ1n) is 4.48. The molecule has 1 heterocycles. The van der Waals surface area contributed by atoms with Gasteiger partial charge in [-0.2, -0.15) is 0 Å². The maximum atomic E-state index is 3.60. The lowest BCUT2D eigenvalue weighted by molar-refractivity contribution is 0.262. The minimum Gasteiger partial charge on any atom is -0.311 e. The fourth-order valence-electron chi connectivity index (χ4n) is 2.01. The Morgan fingerprint density at radius 1 is 1.30 bits per heavy atom. The lowest BCUT2D eigenvalue weighted by Gasteiger charge is -2.32. The van der Waals surface area contributed by atoms with Gasteiger partial charge in [-0.3, -0.25) is 0 Å². The maximum Gasteiger partial charge on any atom is 0.00694 e. The van der Waals surface area contributed by atoms with Crippen molar-refractivity contribution in [2.75, 3.05) is 0 Å². The first-order valence-corrected chi connectivity index (χ1v) is 4.48. The predicted octanol–water partition coefficient (Wildman–Crippen LogP) is 2.17. The van der Waals surface area contributed by atoms with Gasteiger partial charge in [0.15, 0.2) is 0 Å². The van der Waals surface area contributed by atoms with Crippen LogP contribution in [0.4, 0.5) is 0 Å². The molecule has 1 heteroatoms. The number of nitrogens with one attached hydrogen (secondary N) is 1. The molecule has 3 atom stereocenters. The zero-order valence-corrected chi connectivity index (χ0v) is 7.35. The average molecular weight is 141 g/mol. The summed E-state index contributed by atoms with van der Waals surface area (Å²) in [7, 11) is 0. The molecule has 0 aromatic rings. The smallest absolute Gasteiger partial charge is 0.00694 e. The van der Waals surface area contributed by atoms with Crippen LogP contribution < -0.4 is 5.32 Å². The predicted molar refractivity (Wildman–Crippen MR) is 45.1 cm³/mol. The standard InChI is InChI=1S/C9H19N/c1-4-9-6-7(2)5-8(3)10-9/h7-10H,4-6H2,1-3H3/t7-,8?,9?/m0/s1. The SMILES string of the molecule is CCC1C[C@@H](C)CC(C)N1. The van der Waals surface area contributed by atoms with Gasteiger partial charge in [-0.15, -0.1) is 0 Å². The van der Waals surface area contributed by atoms with Crippen LogP contribution in [0.5, 0.6) is 0 Å². The van der Waals surface area contributed by atoms with Crippen LogP contribution in [0.2, 0.25) is 0 Å². The van der Waals surface area contributed by atoms with Gasteiger partial charge in [0.2, 0.25) is 0 Å². The summed E-state index contributed by atoms with van der Waals surface area (Å²) >= 11 is 0. The summed E-state index contributed by atoms with van der Waals surface area (Å²) in [5, 5.41) is 3.60. The minimum atomic E-state index is 0.744. The summed E-state index contributed by atoms with van der Waals surface area (Å²) in [6.45, 7) is 6.92. The fourth-order valence-corrected chi connectivity index (χ4v) is 2.01. The van der Waals surface area contributed by atoms with Crippen molar-refractivity contribution in [3.8, 4) is 0 Å². The van der Waals surface area contributed by atoms with E-state index in [2.05, 4.69) is 26.1 Å². The summed E-state index contributed by atoms with van der Waals surface area (Å²) in [6, 6.07) is 1.53. The Hall–Kier alpha value is -0.0400. The molecule has 10 heavy (non-hydrogen) atoms. The topological polar surface area (TPSA) is 12.0 Å². The third kappa shape index (κ3) is 1.98. The zero-order chi connectivity index (χ0) is 7.56. The van der Waals surface area contributed by atoms with Crippen molar-refractivity contribution in [2.24, 2.45) is 5.92 Å². The van der Waals surface area contributed by atoms with Crippen LogP contribution in [0.15, 0.2) is 0 Å². The van der Waals surface area contributed by atoms with Gasteiger partial charge in [-0.25, -0.2) is 0 Å². The summed E-state index contributed by atoms with van der Waals surface area (Å²) in [5.41, 5.74) is 0. The maximum absolute atomic E-state index is 3.60. The third-order valence-corrected chi connectivity index (χ3v) is 2.46. The summed E-state index contributed by atoms with van der Waals surface area (Å²) in [4.78, 5) is 0. The molecule has 1 rings (SSSR count). The van der Waals surface area contributed by atoms with E-state index in [0.717, 1.165) is 18.0 Å². The molecule has 0 bridgehead atoms. The first-order chi connectivity index (χ1) is 4.72. The lowest BCUT2D eigenvalue weighted by atomic mass is 9.89. The molecular formula is C9H19N. The number of rotatable bonds is 1. The van der Waals surface area contributed by atoms with Crippen molar-refractivity contribution < 1.29 is 0 Å². The van der Waals surface area contributed by atoms with E-state index in [9.17, 15) is 0 Å². The molecular weight excluding hydrogens is 122 g/mol. The van der Waals surface area contributed by atoms with Gasteiger partial charge in [-0.05, 0) is 32.1 Å². The van der Waals surface area contributed by atoms with Crippen LogP contribution in [0.25, 0.3) is 0 Å². The largest absolute Gasteiger partial charge is 0.311 e. The average Bonchev–Trinajstić information content (AvgIpc) is 1.85. The van der Waals surface area contributed by atoms with Gasteiger partial charge in [0.25, 0.3) is 0 Å². The van der Waals surface area contributed by atoms with Crippen molar-refractivity contribution >= 4 is 0 Å². The molecule has 60 valence electrons. The second-order valence-corrected chi connectivity index (χ2v) is 3.75. The quantitative estimate of drug-likeness (QED) is 0.590. The molecule has 1 nitrogen and oxygen atoms in total. The highest BCUT2D eigenvalue weighted by Gasteiger charge is 2.20. The van der Waals surface area contributed by atoms with E-state index in [1.165, 1.54) is 19.3 Å². The summed E-state index contributed by atoms with van der Waals surface area (Å²) < 4.78 is 0. The highest BCUT2D eigenvalue weighted by atomic mass is 15.0. The molecule has 0 amide bonds. The highest BCUT2D eigenvalue weighted by Crippen LogP contribution is 2.20. The molecule has 0 aliphatic carbocycles. The van der Waals surface area contributed by atoms with Crippen LogP contribution in [-0.4, -0.2) is 12.1 Å². The van der Waals surface area contributed by atoms with E-state index in [0.29, 0.717) is 0 Å². The Morgan fingerprint density at radius 3 is 2.50 bits per heavy atom. The molecule has 1 N–H and O–H groups in total. The number of piperidine rings is 1. The second kappa shape index (κ2) is 3.38. The van der Waals surface area contributed by atoms with E-state index in [1.807, 2.05) is 0 Å². The van der Waals surface area contributed by atoms with Crippen LogP contribution >= 0.6 is 0 Å². The van der Waals surface area contributed by atoms with E-state index < -0.39 is 0 Å². The van der Waals surface area contributed by atoms with Gasteiger partial charge in [0, 0.05) is 12.1 Å². The van der Waals surface area contributed by atoms with Gasteiger partial charge in [-0.1, -0.05) is 13.8 Å². The van der Waals surface area contributed by atoms with Gasteiger partial charge in [0.1, 0.15) is 0 Å². The van der Waals surface area contributed by atoms with Crippen molar-refractivity contribution in [3.63, 3.8) is 0 Å². The Morgan fingerprint density at radius 2 is 2.00 bits per heavy atom. The molecule has 0 aromatic heterocycles. The van der Waals surface area contributed by atoms with Crippen LogP contribution in [0, 0.1) is 5.92 Å². The normalized spacial score (nSPS) is 41.7. The van der Waals surface area contributed by atoms with Gasteiger partial charge >= 0.3 is 0 Å². The first kappa shape index (κ1) is 8.06. The Balaban J connectivity index is 2.35. The number of hydrogen-bond donors (Lipinski definition) is 1. The van der Waals surface area contributed by atoms with Crippen molar-refractivity contribution in [2.45, 2.75) is 52.1 Å². The van der Waals surface area contributed by atoms with Crippen molar-refractivity contribution in [3.05, 3.63) is 0 Å². The molecule has 0 radical (unpaired) electrons. The molecule has 1 aliphatic rings. The van der Waals surface area contributed by atoms with E-state index in [1.54, 1.807) is 0 Å². The Kier molecular flexibility index (Phi) is 2.72. The van der Waals surface area contributed by atoms with Crippen LogP contribution in [0.1, 0.15) is 40.0 Å². The Labute approximate surface area is 64.2 Å². The summed E-state index contributed by atoms with van der Waals surface area (Å²) in [5.74, 6) is 0.932.